The van der Waals surface area contributed by atoms with Crippen molar-refractivity contribution in [1.82, 2.24) is 5.32 Å². The van der Waals surface area contributed by atoms with Crippen molar-refractivity contribution < 1.29 is 4.39 Å². The molecule has 0 saturated carbocycles. The number of rotatable bonds is 5. The molecule has 1 unspecified atom stereocenters. The zero-order chi connectivity index (χ0) is 14.5. The average Bonchev–Trinajstić information content (AvgIpc) is 2.43. The van der Waals surface area contributed by atoms with Crippen molar-refractivity contribution in [3.63, 3.8) is 0 Å². The van der Waals surface area contributed by atoms with Crippen LogP contribution in [0.25, 0.3) is 0 Å². The number of halogens is 3. The number of hydrogen-bond acceptors (Lipinski definition) is 1. The summed E-state index contributed by atoms with van der Waals surface area (Å²) in [6, 6.07) is 13.2. The van der Waals surface area contributed by atoms with Gasteiger partial charge in [-0.05, 0) is 48.9 Å². The summed E-state index contributed by atoms with van der Waals surface area (Å²) in [4.78, 5) is 0. The topological polar surface area (TPSA) is 12.0 Å². The molecule has 2 aromatic carbocycles. The maximum atomic E-state index is 13.2. The molecule has 0 radical (unpaired) electrons. The molecule has 0 fully saturated rings. The number of benzene rings is 2. The van der Waals surface area contributed by atoms with Gasteiger partial charge in [0, 0.05) is 16.9 Å². The van der Waals surface area contributed by atoms with Crippen molar-refractivity contribution in [3.05, 3.63) is 68.9 Å². The van der Waals surface area contributed by atoms with Gasteiger partial charge in [-0.2, -0.15) is 0 Å². The maximum Gasteiger partial charge on any atom is 0.141 e. The van der Waals surface area contributed by atoms with Crippen molar-refractivity contribution in [1.29, 1.82) is 0 Å². The Kier molecular flexibility index (Phi) is 5.58. The van der Waals surface area contributed by atoms with Crippen LogP contribution in [0.3, 0.4) is 0 Å². The molecule has 2 aromatic rings. The van der Waals surface area contributed by atoms with E-state index in [1.807, 2.05) is 19.2 Å². The fourth-order valence-corrected chi connectivity index (χ4v) is 2.71. The third-order valence-corrected chi connectivity index (χ3v) is 4.08. The zero-order valence-corrected chi connectivity index (χ0v) is 13.5. The van der Waals surface area contributed by atoms with Gasteiger partial charge in [0.1, 0.15) is 5.82 Å². The van der Waals surface area contributed by atoms with Gasteiger partial charge in [-0.1, -0.05) is 45.7 Å². The third-order valence-electron chi connectivity index (χ3n) is 3.26. The van der Waals surface area contributed by atoms with Crippen LogP contribution in [-0.4, -0.2) is 13.6 Å². The SMILES string of the molecule is CNCC(Cc1ccc(F)c(Cl)c1)c1ccc(Br)cc1. The Bertz CT molecular complexity index is 571. The molecule has 20 heavy (non-hydrogen) atoms. The van der Waals surface area contributed by atoms with Crippen molar-refractivity contribution in [2.24, 2.45) is 0 Å². The lowest BCUT2D eigenvalue weighted by Crippen LogP contribution is -2.19. The van der Waals surface area contributed by atoms with Crippen LogP contribution in [-0.2, 0) is 6.42 Å². The molecule has 106 valence electrons. The summed E-state index contributed by atoms with van der Waals surface area (Å²) in [7, 11) is 1.93. The Morgan fingerprint density at radius 2 is 1.90 bits per heavy atom. The fourth-order valence-electron chi connectivity index (χ4n) is 2.24. The van der Waals surface area contributed by atoms with Gasteiger partial charge in [0.15, 0.2) is 0 Å². The quantitative estimate of drug-likeness (QED) is 0.812. The first-order valence-electron chi connectivity index (χ1n) is 6.44. The predicted octanol–water partition coefficient (Wildman–Crippen LogP) is 4.79. The second-order valence-corrected chi connectivity index (χ2v) is 6.08. The lowest BCUT2D eigenvalue weighted by Gasteiger charge is -2.17. The summed E-state index contributed by atoms with van der Waals surface area (Å²) >= 11 is 9.29. The first-order valence-corrected chi connectivity index (χ1v) is 7.61. The Morgan fingerprint density at radius 3 is 2.50 bits per heavy atom. The highest BCUT2D eigenvalue weighted by molar-refractivity contribution is 9.10. The van der Waals surface area contributed by atoms with Crippen molar-refractivity contribution in [2.75, 3.05) is 13.6 Å². The molecule has 2 rings (SSSR count). The van der Waals surface area contributed by atoms with Crippen LogP contribution in [0.5, 0.6) is 0 Å². The summed E-state index contributed by atoms with van der Waals surface area (Å²) in [5.74, 6) is -0.0427. The molecule has 0 aliphatic heterocycles. The van der Waals surface area contributed by atoms with Gasteiger partial charge in [0.25, 0.3) is 0 Å². The van der Waals surface area contributed by atoms with Crippen molar-refractivity contribution in [2.45, 2.75) is 12.3 Å². The minimum Gasteiger partial charge on any atom is -0.319 e. The predicted molar refractivity (Wildman–Crippen MR) is 85.9 cm³/mol. The summed E-state index contributed by atoms with van der Waals surface area (Å²) in [6.45, 7) is 0.858. The molecule has 0 amide bonds. The van der Waals surface area contributed by atoms with Crippen molar-refractivity contribution in [3.8, 4) is 0 Å². The molecule has 0 aliphatic rings. The van der Waals surface area contributed by atoms with Crippen LogP contribution in [0, 0.1) is 5.82 Å². The Hall–Kier alpha value is -0.900. The summed E-state index contributed by atoms with van der Waals surface area (Å²) in [5, 5.41) is 3.39. The highest BCUT2D eigenvalue weighted by atomic mass is 79.9. The zero-order valence-electron chi connectivity index (χ0n) is 11.2. The molecule has 1 N–H and O–H groups in total. The smallest absolute Gasteiger partial charge is 0.141 e. The average molecular weight is 357 g/mol. The number of hydrogen-bond donors (Lipinski definition) is 1. The standard InChI is InChI=1S/C16H16BrClFN/c1-20-10-13(12-3-5-14(17)6-4-12)8-11-2-7-16(19)15(18)9-11/h2-7,9,13,20H,8,10H2,1H3. The minimum atomic E-state index is -0.371. The van der Waals surface area contributed by atoms with Crippen molar-refractivity contribution >= 4 is 27.5 Å². The van der Waals surface area contributed by atoms with Gasteiger partial charge in [-0.25, -0.2) is 4.39 Å². The fraction of sp³-hybridized carbons (Fsp3) is 0.250. The highest BCUT2D eigenvalue weighted by Crippen LogP contribution is 2.24. The van der Waals surface area contributed by atoms with E-state index in [9.17, 15) is 4.39 Å². The molecule has 0 heterocycles. The lowest BCUT2D eigenvalue weighted by atomic mass is 9.92. The minimum absolute atomic E-state index is 0.182. The molecule has 0 aliphatic carbocycles. The van der Waals surface area contributed by atoms with Crippen LogP contribution in [0.4, 0.5) is 4.39 Å². The van der Waals surface area contributed by atoms with Gasteiger partial charge < -0.3 is 5.32 Å². The Balaban J connectivity index is 2.20. The molecule has 4 heteroatoms. The molecule has 1 nitrogen and oxygen atoms in total. The van der Waals surface area contributed by atoms with E-state index in [0.717, 1.165) is 23.0 Å². The molecule has 0 aromatic heterocycles. The van der Waals surface area contributed by atoms with Crippen LogP contribution in [0.1, 0.15) is 17.0 Å². The first-order chi connectivity index (χ1) is 9.60. The summed E-state index contributed by atoms with van der Waals surface area (Å²) in [5.41, 5.74) is 2.29. The van der Waals surface area contributed by atoms with Gasteiger partial charge >= 0.3 is 0 Å². The van der Waals surface area contributed by atoms with E-state index in [2.05, 4.69) is 33.4 Å². The third kappa shape index (κ3) is 4.05. The van der Waals surface area contributed by atoms with Crippen LogP contribution in [0.2, 0.25) is 5.02 Å². The lowest BCUT2D eigenvalue weighted by molar-refractivity contribution is 0.616. The Labute approximate surface area is 132 Å². The maximum absolute atomic E-state index is 13.2. The molecular weight excluding hydrogens is 341 g/mol. The van der Waals surface area contributed by atoms with Gasteiger partial charge in [-0.3, -0.25) is 0 Å². The second-order valence-electron chi connectivity index (χ2n) is 4.76. The molecule has 0 bridgehead atoms. The van der Waals surface area contributed by atoms with E-state index in [0.29, 0.717) is 5.92 Å². The van der Waals surface area contributed by atoms with Crippen LogP contribution in [0.15, 0.2) is 46.9 Å². The first kappa shape index (κ1) is 15.5. The van der Waals surface area contributed by atoms with Gasteiger partial charge in [0.2, 0.25) is 0 Å². The van der Waals surface area contributed by atoms with Crippen LogP contribution >= 0.6 is 27.5 Å². The van der Waals surface area contributed by atoms with E-state index < -0.39 is 0 Å². The molecular formula is C16H16BrClFN. The van der Waals surface area contributed by atoms with E-state index in [4.69, 9.17) is 11.6 Å². The largest absolute Gasteiger partial charge is 0.319 e. The number of likely N-dealkylation sites (N-methyl/N-ethyl adjacent to an activating group) is 1. The van der Waals surface area contributed by atoms with E-state index in [1.165, 1.54) is 11.6 Å². The number of nitrogens with one attached hydrogen (secondary N) is 1. The monoisotopic (exact) mass is 355 g/mol. The normalized spacial score (nSPS) is 12.4. The van der Waals surface area contributed by atoms with Crippen LogP contribution < -0.4 is 5.32 Å². The molecule has 1 atom stereocenters. The molecule has 0 spiro atoms. The van der Waals surface area contributed by atoms with Gasteiger partial charge in [0.05, 0.1) is 5.02 Å². The van der Waals surface area contributed by atoms with E-state index in [1.54, 1.807) is 12.1 Å². The molecule has 0 saturated heterocycles. The highest BCUT2D eigenvalue weighted by Gasteiger charge is 2.12. The summed E-state index contributed by atoms with van der Waals surface area (Å²) < 4.78 is 14.3. The van der Waals surface area contributed by atoms with E-state index >= 15 is 0 Å². The van der Waals surface area contributed by atoms with Gasteiger partial charge in [-0.15, -0.1) is 0 Å². The summed E-state index contributed by atoms with van der Waals surface area (Å²) in [6.07, 6.45) is 0.822. The second kappa shape index (κ2) is 7.21. The van der Waals surface area contributed by atoms with E-state index in [-0.39, 0.29) is 10.8 Å². The Morgan fingerprint density at radius 1 is 1.20 bits per heavy atom.